The van der Waals surface area contributed by atoms with Crippen molar-refractivity contribution in [2.75, 3.05) is 11.1 Å². The second kappa shape index (κ2) is 12.5. The maximum Gasteiger partial charge on any atom is 0.234 e. The predicted molar refractivity (Wildman–Crippen MR) is 143 cm³/mol. The predicted octanol–water partition coefficient (Wildman–Crippen LogP) is 5.31. The molecule has 2 aromatic carbocycles. The van der Waals surface area contributed by atoms with Crippen LogP contribution in [-0.4, -0.2) is 36.4 Å². The van der Waals surface area contributed by atoms with Gasteiger partial charge in [-0.2, -0.15) is 0 Å². The molecule has 0 saturated carbocycles. The van der Waals surface area contributed by atoms with E-state index in [0.29, 0.717) is 24.1 Å². The number of rotatable bonds is 11. The van der Waals surface area contributed by atoms with Gasteiger partial charge in [0.2, 0.25) is 5.91 Å². The van der Waals surface area contributed by atoms with Crippen molar-refractivity contribution >= 4 is 35.1 Å². The molecule has 0 unspecified atom stereocenters. The van der Waals surface area contributed by atoms with Gasteiger partial charge in [0.15, 0.2) is 10.3 Å². The zero-order chi connectivity index (χ0) is 25.3. The molecule has 0 aliphatic carbocycles. The number of nitrogens with one attached hydrogen (secondary N) is 1. The van der Waals surface area contributed by atoms with E-state index in [0.717, 1.165) is 39.4 Å². The molecular weight excluding hydrogens is 492 g/mol. The maximum absolute atomic E-state index is 12.5. The molecule has 4 aromatic rings. The molecule has 0 spiro atoms. The van der Waals surface area contributed by atoms with Crippen LogP contribution in [0.1, 0.15) is 29.7 Å². The monoisotopic (exact) mass is 520 g/mol. The Morgan fingerprint density at radius 2 is 1.69 bits per heavy atom. The van der Waals surface area contributed by atoms with Gasteiger partial charge in [-0.25, -0.2) is 9.97 Å². The van der Waals surface area contributed by atoms with Crippen LogP contribution in [0.3, 0.4) is 0 Å². The molecule has 186 valence electrons. The fraction of sp³-hybridized carbons (Fsp3) is 0.269. The van der Waals surface area contributed by atoms with Crippen LogP contribution in [0.2, 0.25) is 0 Å². The summed E-state index contributed by atoms with van der Waals surface area (Å²) in [5.74, 6) is 2.31. The summed E-state index contributed by atoms with van der Waals surface area (Å²) in [6.07, 6.45) is 0. The molecule has 0 fully saturated rings. The third-order valence-electron chi connectivity index (χ3n) is 5.12. The Morgan fingerprint density at radius 3 is 2.39 bits per heavy atom. The summed E-state index contributed by atoms with van der Waals surface area (Å²) in [4.78, 5) is 21.5. The number of nitrogens with zero attached hydrogens (tertiary/aromatic N) is 5. The average molecular weight is 521 g/mol. The SMILES string of the molecule is CCn1c(CSc2nc(C)cc(C)n2)nnc1SCC(=O)Nc1ccc(OCc2ccccc2)cc1. The van der Waals surface area contributed by atoms with E-state index in [1.165, 1.54) is 23.5 Å². The molecule has 8 nitrogen and oxygen atoms in total. The fourth-order valence-corrected chi connectivity index (χ4v) is 5.15. The molecule has 36 heavy (non-hydrogen) atoms. The van der Waals surface area contributed by atoms with Gasteiger partial charge < -0.3 is 14.6 Å². The first-order valence-electron chi connectivity index (χ1n) is 11.6. The van der Waals surface area contributed by atoms with Crippen LogP contribution in [0, 0.1) is 13.8 Å². The summed E-state index contributed by atoms with van der Waals surface area (Å²) >= 11 is 2.90. The zero-order valence-electron chi connectivity index (χ0n) is 20.5. The maximum atomic E-state index is 12.5. The van der Waals surface area contributed by atoms with Crippen LogP contribution in [0.15, 0.2) is 71.0 Å². The van der Waals surface area contributed by atoms with Gasteiger partial charge in [0.05, 0.1) is 11.5 Å². The smallest absolute Gasteiger partial charge is 0.234 e. The Hall–Kier alpha value is -3.37. The van der Waals surface area contributed by atoms with Crippen molar-refractivity contribution < 1.29 is 9.53 Å². The summed E-state index contributed by atoms with van der Waals surface area (Å²) in [6, 6.07) is 19.3. The van der Waals surface area contributed by atoms with Crippen LogP contribution >= 0.6 is 23.5 Å². The van der Waals surface area contributed by atoms with Gasteiger partial charge in [-0.1, -0.05) is 53.9 Å². The summed E-state index contributed by atoms with van der Waals surface area (Å²) in [7, 11) is 0. The Morgan fingerprint density at radius 1 is 0.972 bits per heavy atom. The molecule has 4 rings (SSSR count). The second-order valence-electron chi connectivity index (χ2n) is 8.00. The standard InChI is InChI=1S/C26H28N6O2S2/c1-4-32-23(16-35-25-27-18(2)14-19(3)28-25)30-31-26(32)36-17-24(33)29-21-10-12-22(13-11-21)34-15-20-8-6-5-7-9-20/h5-14H,4,15-17H2,1-3H3,(H,29,33). The minimum Gasteiger partial charge on any atom is -0.489 e. The first-order valence-corrected chi connectivity index (χ1v) is 13.5. The molecule has 10 heteroatoms. The van der Waals surface area contributed by atoms with Gasteiger partial charge in [0, 0.05) is 23.6 Å². The highest BCUT2D eigenvalue weighted by Crippen LogP contribution is 2.23. The number of hydrogen-bond acceptors (Lipinski definition) is 8. The Bertz CT molecular complexity index is 1280. The lowest BCUT2D eigenvalue weighted by Crippen LogP contribution is -2.14. The molecule has 0 saturated heterocycles. The zero-order valence-corrected chi connectivity index (χ0v) is 22.1. The Labute approximate surface area is 219 Å². The highest BCUT2D eigenvalue weighted by Gasteiger charge is 2.14. The minimum absolute atomic E-state index is 0.108. The van der Waals surface area contributed by atoms with E-state index < -0.39 is 0 Å². The average Bonchev–Trinajstić information content (AvgIpc) is 3.27. The van der Waals surface area contributed by atoms with E-state index in [-0.39, 0.29) is 11.7 Å². The van der Waals surface area contributed by atoms with Gasteiger partial charge in [0.25, 0.3) is 0 Å². The molecule has 0 aliphatic rings. The fourth-order valence-electron chi connectivity index (χ4n) is 3.44. The molecule has 2 aromatic heterocycles. The van der Waals surface area contributed by atoms with Crippen LogP contribution in [0.4, 0.5) is 5.69 Å². The normalized spacial score (nSPS) is 10.9. The lowest BCUT2D eigenvalue weighted by atomic mass is 10.2. The molecule has 0 radical (unpaired) electrons. The third kappa shape index (κ3) is 7.32. The van der Waals surface area contributed by atoms with E-state index in [1.54, 1.807) is 0 Å². The highest BCUT2D eigenvalue weighted by molar-refractivity contribution is 7.99. The van der Waals surface area contributed by atoms with Gasteiger partial charge in [-0.3, -0.25) is 4.79 Å². The summed E-state index contributed by atoms with van der Waals surface area (Å²) in [5, 5.41) is 13.0. The van der Waals surface area contributed by atoms with E-state index in [2.05, 4.69) is 25.5 Å². The van der Waals surface area contributed by atoms with Crippen LogP contribution in [-0.2, 0) is 23.7 Å². The molecule has 2 heterocycles. The van der Waals surface area contributed by atoms with Crippen molar-refractivity contribution in [3.63, 3.8) is 0 Å². The second-order valence-corrected chi connectivity index (χ2v) is 9.89. The van der Waals surface area contributed by atoms with Crippen LogP contribution in [0.5, 0.6) is 5.75 Å². The molecule has 0 bridgehead atoms. The van der Waals surface area contributed by atoms with Crippen LogP contribution in [0.25, 0.3) is 0 Å². The molecule has 1 N–H and O–H groups in total. The first kappa shape index (κ1) is 25.7. The van der Waals surface area contributed by atoms with E-state index in [4.69, 9.17) is 4.74 Å². The first-order chi connectivity index (χ1) is 17.5. The van der Waals surface area contributed by atoms with Crippen molar-refractivity contribution in [1.29, 1.82) is 0 Å². The summed E-state index contributed by atoms with van der Waals surface area (Å²) in [6.45, 7) is 7.17. The lowest BCUT2D eigenvalue weighted by molar-refractivity contribution is -0.113. The quantitative estimate of drug-likeness (QED) is 0.210. The number of aryl methyl sites for hydroxylation is 2. The van der Waals surface area contributed by atoms with Gasteiger partial charge in [0.1, 0.15) is 18.2 Å². The summed E-state index contributed by atoms with van der Waals surface area (Å²) in [5.41, 5.74) is 3.71. The molecule has 1 amide bonds. The van der Waals surface area contributed by atoms with Gasteiger partial charge in [-0.05, 0) is 56.7 Å². The molecule has 0 atom stereocenters. The Balaban J connectivity index is 1.26. The topological polar surface area (TPSA) is 94.8 Å². The lowest BCUT2D eigenvalue weighted by Gasteiger charge is -2.09. The number of benzene rings is 2. The van der Waals surface area contributed by atoms with E-state index in [1.807, 2.05) is 86.0 Å². The van der Waals surface area contributed by atoms with E-state index >= 15 is 0 Å². The number of amides is 1. The van der Waals surface area contributed by atoms with Crippen molar-refractivity contribution in [1.82, 2.24) is 24.7 Å². The number of thioether (sulfide) groups is 2. The molecule has 0 aliphatic heterocycles. The number of aromatic nitrogens is 5. The van der Waals surface area contributed by atoms with Crippen molar-refractivity contribution in [2.45, 2.75) is 50.0 Å². The number of anilines is 1. The highest BCUT2D eigenvalue weighted by atomic mass is 32.2. The van der Waals surface area contributed by atoms with Crippen molar-refractivity contribution in [3.05, 3.63) is 83.4 Å². The Kier molecular flexibility index (Phi) is 8.96. The number of carbonyl (C=O) groups is 1. The largest absolute Gasteiger partial charge is 0.489 e. The van der Waals surface area contributed by atoms with Crippen LogP contribution < -0.4 is 10.1 Å². The van der Waals surface area contributed by atoms with Gasteiger partial charge >= 0.3 is 0 Å². The minimum atomic E-state index is -0.108. The number of hydrogen-bond donors (Lipinski definition) is 1. The third-order valence-corrected chi connectivity index (χ3v) is 6.93. The number of carbonyl (C=O) groups excluding carboxylic acids is 1. The van der Waals surface area contributed by atoms with Crippen molar-refractivity contribution in [3.8, 4) is 5.75 Å². The van der Waals surface area contributed by atoms with E-state index in [9.17, 15) is 4.79 Å². The number of ether oxygens (including phenoxy) is 1. The summed E-state index contributed by atoms with van der Waals surface area (Å²) < 4.78 is 7.82. The van der Waals surface area contributed by atoms with Gasteiger partial charge in [-0.15, -0.1) is 10.2 Å². The molecular formula is C26H28N6O2S2. The van der Waals surface area contributed by atoms with Crippen molar-refractivity contribution in [2.24, 2.45) is 0 Å².